The van der Waals surface area contributed by atoms with E-state index in [9.17, 15) is 4.79 Å². The van der Waals surface area contributed by atoms with Crippen molar-refractivity contribution in [3.05, 3.63) is 41.3 Å². The number of hydrogen-bond acceptors (Lipinski definition) is 5. The zero-order chi connectivity index (χ0) is 18.6. The van der Waals surface area contributed by atoms with Crippen LogP contribution >= 0.6 is 11.6 Å². The van der Waals surface area contributed by atoms with Gasteiger partial charge in [-0.1, -0.05) is 11.6 Å². The molecular formula is C19H19ClN6O. The van der Waals surface area contributed by atoms with Crippen LogP contribution in [-0.2, 0) is 0 Å². The summed E-state index contributed by atoms with van der Waals surface area (Å²) in [6.45, 7) is 0. The van der Waals surface area contributed by atoms with E-state index in [0.29, 0.717) is 16.4 Å². The highest BCUT2D eigenvalue weighted by Gasteiger charge is 2.44. The quantitative estimate of drug-likeness (QED) is 0.627. The zero-order valence-electron chi connectivity index (χ0n) is 14.8. The van der Waals surface area contributed by atoms with E-state index in [1.165, 1.54) is 6.33 Å². The van der Waals surface area contributed by atoms with Crippen molar-refractivity contribution in [3.8, 4) is 0 Å². The van der Waals surface area contributed by atoms with Crippen molar-refractivity contribution in [2.45, 2.75) is 31.3 Å². The van der Waals surface area contributed by atoms with Crippen molar-refractivity contribution < 1.29 is 4.79 Å². The molecule has 8 heteroatoms. The Morgan fingerprint density at radius 1 is 1.26 bits per heavy atom. The molecule has 1 fully saturated rings. The number of nitrogens with one attached hydrogen (secondary N) is 3. The van der Waals surface area contributed by atoms with Gasteiger partial charge in [0.05, 0.1) is 21.7 Å². The van der Waals surface area contributed by atoms with Crippen LogP contribution in [0.5, 0.6) is 0 Å². The first kappa shape index (κ1) is 16.4. The lowest BCUT2D eigenvalue weighted by molar-refractivity contribution is 0.0885. The molecule has 3 aromatic rings. The van der Waals surface area contributed by atoms with Crippen LogP contribution in [0.25, 0.3) is 11.0 Å². The minimum Gasteiger partial charge on any atom is -0.351 e. The van der Waals surface area contributed by atoms with Gasteiger partial charge in [0, 0.05) is 18.9 Å². The maximum atomic E-state index is 12.8. The first-order chi connectivity index (χ1) is 13.1. The van der Waals surface area contributed by atoms with Crippen molar-refractivity contribution in [2.75, 3.05) is 17.3 Å². The number of H-pyrrole nitrogens is 1. The number of carbonyl (C=O) groups excluding carboxylic acids is 1. The fraction of sp³-hybridized carbons (Fsp3) is 0.316. The summed E-state index contributed by atoms with van der Waals surface area (Å²) in [6, 6.07) is 5.66. The van der Waals surface area contributed by atoms with Gasteiger partial charge >= 0.3 is 0 Å². The molecule has 0 radical (unpaired) electrons. The summed E-state index contributed by atoms with van der Waals surface area (Å²) in [5.74, 6) is 0.590. The number of hydrogen-bond donors (Lipinski definition) is 3. The molecule has 3 heterocycles. The lowest BCUT2D eigenvalue weighted by Gasteiger charge is -2.45. The Morgan fingerprint density at radius 2 is 2.07 bits per heavy atom. The average Bonchev–Trinajstić information content (AvgIpc) is 3.30. The van der Waals surface area contributed by atoms with Crippen LogP contribution in [0.2, 0.25) is 5.02 Å². The number of amides is 1. The Kier molecular flexibility index (Phi) is 3.55. The molecule has 1 aliphatic heterocycles. The standard InChI is InChI=1S/C19H19ClN6O/c1-26-14-9-11(24-17-12-4-7-21-16(12)22-10-23-17)8-13(20)15(14)18(27)25-19(26)5-2-3-6-19/h4,7-10H,2-3,5-6H2,1H3,(H,25,27)(H2,21,22,23,24). The molecule has 1 saturated carbocycles. The fourth-order valence-electron chi connectivity index (χ4n) is 4.27. The van der Waals surface area contributed by atoms with E-state index in [1.54, 1.807) is 6.07 Å². The average molecular weight is 383 g/mol. The highest BCUT2D eigenvalue weighted by atomic mass is 35.5. The smallest absolute Gasteiger partial charge is 0.256 e. The van der Waals surface area contributed by atoms with Gasteiger partial charge in [0.15, 0.2) is 0 Å². The number of rotatable bonds is 2. The van der Waals surface area contributed by atoms with Crippen molar-refractivity contribution in [1.82, 2.24) is 20.3 Å². The first-order valence-electron chi connectivity index (χ1n) is 9.02. The number of carbonyl (C=O) groups is 1. The molecule has 0 saturated heterocycles. The largest absolute Gasteiger partial charge is 0.351 e. The van der Waals surface area contributed by atoms with Gasteiger partial charge in [0.25, 0.3) is 5.91 Å². The van der Waals surface area contributed by atoms with E-state index in [2.05, 4.69) is 30.5 Å². The Morgan fingerprint density at radius 3 is 2.89 bits per heavy atom. The molecule has 7 nitrogen and oxygen atoms in total. The van der Waals surface area contributed by atoms with E-state index < -0.39 is 0 Å². The fourth-order valence-corrected chi connectivity index (χ4v) is 4.57. The van der Waals surface area contributed by atoms with Crippen LogP contribution in [-0.4, -0.2) is 33.6 Å². The van der Waals surface area contributed by atoms with Gasteiger partial charge in [-0.3, -0.25) is 4.79 Å². The van der Waals surface area contributed by atoms with Crippen LogP contribution in [0.3, 0.4) is 0 Å². The minimum absolute atomic E-state index is 0.100. The van der Waals surface area contributed by atoms with Crippen molar-refractivity contribution >= 4 is 45.7 Å². The number of fused-ring (bicyclic) bond motifs is 2. The monoisotopic (exact) mass is 382 g/mol. The van der Waals surface area contributed by atoms with E-state index in [0.717, 1.165) is 48.1 Å². The Hall–Kier alpha value is -2.80. The second-order valence-electron chi connectivity index (χ2n) is 7.19. The molecule has 1 spiro atoms. The van der Waals surface area contributed by atoms with E-state index in [4.69, 9.17) is 11.6 Å². The highest BCUT2D eigenvalue weighted by Crippen LogP contribution is 2.43. The zero-order valence-corrected chi connectivity index (χ0v) is 15.6. The lowest BCUT2D eigenvalue weighted by atomic mass is 9.98. The summed E-state index contributed by atoms with van der Waals surface area (Å²) in [7, 11) is 2.03. The third-order valence-corrected chi connectivity index (χ3v) is 5.99. The molecule has 1 amide bonds. The molecule has 138 valence electrons. The second-order valence-corrected chi connectivity index (χ2v) is 7.60. The Labute approximate surface area is 161 Å². The Balaban J connectivity index is 1.58. The van der Waals surface area contributed by atoms with Crippen LogP contribution in [0, 0.1) is 0 Å². The van der Waals surface area contributed by atoms with Gasteiger partial charge in [0.1, 0.15) is 23.5 Å². The van der Waals surface area contributed by atoms with Gasteiger partial charge in [0.2, 0.25) is 0 Å². The first-order valence-corrected chi connectivity index (χ1v) is 9.40. The van der Waals surface area contributed by atoms with Gasteiger partial charge in [-0.25, -0.2) is 9.97 Å². The maximum absolute atomic E-state index is 12.8. The topological polar surface area (TPSA) is 85.9 Å². The van der Waals surface area contributed by atoms with Crippen molar-refractivity contribution in [1.29, 1.82) is 0 Å². The molecule has 3 N–H and O–H groups in total. The normalized spacial score (nSPS) is 18.0. The van der Waals surface area contributed by atoms with Crippen LogP contribution in [0.4, 0.5) is 17.2 Å². The number of nitrogens with zero attached hydrogens (tertiary/aromatic N) is 3. The number of halogens is 1. The van der Waals surface area contributed by atoms with Crippen LogP contribution < -0.4 is 15.5 Å². The summed E-state index contributed by atoms with van der Waals surface area (Å²) in [6.07, 6.45) is 7.44. The third kappa shape index (κ3) is 2.45. The van der Waals surface area contributed by atoms with Crippen molar-refractivity contribution in [3.63, 3.8) is 0 Å². The second kappa shape index (κ2) is 5.85. The van der Waals surface area contributed by atoms with E-state index >= 15 is 0 Å². The lowest BCUT2D eigenvalue weighted by Crippen LogP contribution is -2.61. The molecule has 1 aromatic carbocycles. The molecule has 0 unspecified atom stereocenters. The van der Waals surface area contributed by atoms with Crippen molar-refractivity contribution in [2.24, 2.45) is 0 Å². The summed E-state index contributed by atoms with van der Waals surface area (Å²) < 4.78 is 0. The molecule has 27 heavy (non-hydrogen) atoms. The third-order valence-electron chi connectivity index (χ3n) is 5.69. The highest BCUT2D eigenvalue weighted by molar-refractivity contribution is 6.35. The summed E-state index contributed by atoms with van der Waals surface area (Å²) in [5.41, 5.74) is 2.61. The molecule has 5 rings (SSSR count). The molecule has 1 aliphatic carbocycles. The molecule has 2 aliphatic rings. The molecule has 0 bridgehead atoms. The summed E-state index contributed by atoms with van der Waals surface area (Å²) >= 11 is 6.50. The van der Waals surface area contributed by atoms with Gasteiger partial charge < -0.3 is 20.5 Å². The predicted octanol–water partition coefficient (Wildman–Crippen LogP) is 3.80. The van der Waals surface area contributed by atoms with Crippen LogP contribution in [0.15, 0.2) is 30.7 Å². The van der Waals surface area contributed by atoms with Gasteiger partial charge in [-0.15, -0.1) is 0 Å². The summed E-state index contributed by atoms with van der Waals surface area (Å²) in [5, 5.41) is 7.83. The summed E-state index contributed by atoms with van der Waals surface area (Å²) in [4.78, 5) is 26.5. The van der Waals surface area contributed by atoms with Crippen LogP contribution in [0.1, 0.15) is 36.0 Å². The van der Waals surface area contributed by atoms with E-state index in [1.807, 2.05) is 25.4 Å². The molecular weight excluding hydrogens is 364 g/mol. The Bertz CT molecular complexity index is 1060. The number of aromatic nitrogens is 3. The maximum Gasteiger partial charge on any atom is 0.256 e. The number of aromatic amines is 1. The van der Waals surface area contributed by atoms with E-state index in [-0.39, 0.29) is 11.6 Å². The predicted molar refractivity (Wildman–Crippen MR) is 106 cm³/mol. The van der Waals surface area contributed by atoms with Gasteiger partial charge in [-0.05, 0) is 43.9 Å². The van der Waals surface area contributed by atoms with Gasteiger partial charge in [-0.2, -0.15) is 0 Å². The molecule has 0 atom stereocenters. The SMILES string of the molecule is CN1c2cc(Nc3ncnc4[nH]ccc34)cc(Cl)c2C(=O)NC12CCCC2. The number of benzene rings is 1. The minimum atomic E-state index is -0.311. The molecule has 2 aromatic heterocycles. The number of anilines is 3.